The number of hydrogen-bond acceptors (Lipinski definition) is 4. The molecule has 164 valence electrons. The van der Waals surface area contributed by atoms with Gasteiger partial charge in [0.25, 0.3) is 0 Å². The zero-order valence-electron chi connectivity index (χ0n) is 18.3. The van der Waals surface area contributed by atoms with Crippen LogP contribution in [0.3, 0.4) is 0 Å². The Morgan fingerprint density at radius 1 is 1.00 bits per heavy atom. The summed E-state index contributed by atoms with van der Waals surface area (Å²) in [5.41, 5.74) is 8.29. The van der Waals surface area contributed by atoms with E-state index in [1.807, 2.05) is 0 Å². The highest BCUT2D eigenvalue weighted by molar-refractivity contribution is 5.80. The normalized spacial score (nSPS) is 24.0. The molecule has 0 spiro atoms. The maximum absolute atomic E-state index is 12.8. The van der Waals surface area contributed by atoms with E-state index >= 15 is 0 Å². The number of nitrogens with zero attached hydrogens (tertiary/aromatic N) is 3. The molecule has 0 bridgehead atoms. The fraction of sp³-hybridized carbons (Fsp3) is 0.667. The molecule has 6 nitrogen and oxygen atoms in total. The molecule has 2 amide bonds. The molecule has 0 radical (unpaired) electrons. The monoisotopic (exact) mass is 412 g/mol. The van der Waals surface area contributed by atoms with Crippen molar-refractivity contribution in [1.82, 2.24) is 14.7 Å². The summed E-state index contributed by atoms with van der Waals surface area (Å²) in [6.07, 6.45) is 7.06. The molecule has 6 heteroatoms. The van der Waals surface area contributed by atoms with Gasteiger partial charge < -0.3 is 10.6 Å². The largest absolute Gasteiger partial charge is 0.370 e. The van der Waals surface area contributed by atoms with Crippen molar-refractivity contribution in [3.05, 3.63) is 35.4 Å². The van der Waals surface area contributed by atoms with E-state index in [9.17, 15) is 9.59 Å². The molecule has 2 heterocycles. The second kappa shape index (κ2) is 9.48. The fourth-order valence-corrected chi connectivity index (χ4v) is 5.65. The lowest BCUT2D eigenvalue weighted by Crippen LogP contribution is -2.52. The zero-order chi connectivity index (χ0) is 21.1. The summed E-state index contributed by atoms with van der Waals surface area (Å²) in [5.74, 6) is -0.127. The molecule has 0 saturated carbocycles. The number of hydrogen-bond donors (Lipinski definition) is 1. The highest BCUT2D eigenvalue weighted by atomic mass is 16.2. The van der Waals surface area contributed by atoms with E-state index in [2.05, 4.69) is 34.1 Å². The number of carbonyl (C=O) groups is 2. The lowest BCUT2D eigenvalue weighted by molar-refractivity contribution is -0.136. The second-order valence-corrected chi connectivity index (χ2v) is 9.41. The Balaban J connectivity index is 1.25. The van der Waals surface area contributed by atoms with Crippen molar-refractivity contribution in [1.29, 1.82) is 0 Å². The topological polar surface area (TPSA) is 69.9 Å². The van der Waals surface area contributed by atoms with Gasteiger partial charge in [-0.15, -0.1) is 0 Å². The number of fused-ring (bicyclic) bond motifs is 1. The van der Waals surface area contributed by atoms with Crippen LogP contribution < -0.4 is 5.73 Å². The van der Waals surface area contributed by atoms with E-state index in [0.717, 1.165) is 39.0 Å². The smallest absolute Gasteiger partial charge is 0.226 e. The van der Waals surface area contributed by atoms with Crippen LogP contribution in [0.4, 0.5) is 0 Å². The molecule has 1 aromatic rings. The van der Waals surface area contributed by atoms with Crippen molar-refractivity contribution < 1.29 is 9.59 Å². The predicted molar refractivity (Wildman–Crippen MR) is 118 cm³/mol. The summed E-state index contributed by atoms with van der Waals surface area (Å²) >= 11 is 0. The van der Waals surface area contributed by atoms with Crippen molar-refractivity contribution >= 4 is 11.8 Å². The minimum Gasteiger partial charge on any atom is -0.370 e. The van der Waals surface area contributed by atoms with Gasteiger partial charge in [0, 0.05) is 38.6 Å². The molecule has 4 rings (SSSR count). The predicted octanol–water partition coefficient (Wildman–Crippen LogP) is 1.66. The van der Waals surface area contributed by atoms with Crippen LogP contribution in [0.25, 0.3) is 0 Å². The number of nitrogens with two attached hydrogens (primary N) is 1. The Morgan fingerprint density at radius 2 is 1.67 bits per heavy atom. The first-order chi connectivity index (χ1) is 14.5. The average Bonchev–Trinajstić information content (AvgIpc) is 3.21. The number of carbonyl (C=O) groups excluding carboxylic acids is 2. The van der Waals surface area contributed by atoms with E-state index in [4.69, 9.17) is 5.73 Å². The molecule has 30 heavy (non-hydrogen) atoms. The molecule has 1 aromatic carbocycles. The fourth-order valence-electron chi connectivity index (χ4n) is 5.65. The molecule has 0 aromatic heterocycles. The van der Waals surface area contributed by atoms with Crippen LogP contribution in [0.2, 0.25) is 0 Å². The Morgan fingerprint density at radius 3 is 2.30 bits per heavy atom. The Kier molecular flexibility index (Phi) is 6.74. The maximum atomic E-state index is 12.8. The van der Waals surface area contributed by atoms with Crippen molar-refractivity contribution in [3.8, 4) is 0 Å². The van der Waals surface area contributed by atoms with Crippen LogP contribution in [-0.4, -0.2) is 78.4 Å². The molecule has 1 aliphatic carbocycles. The van der Waals surface area contributed by atoms with Crippen LogP contribution >= 0.6 is 0 Å². The summed E-state index contributed by atoms with van der Waals surface area (Å²) in [6, 6.07) is 10.1. The van der Waals surface area contributed by atoms with Gasteiger partial charge in [0.1, 0.15) is 0 Å². The van der Waals surface area contributed by atoms with Gasteiger partial charge in [-0.2, -0.15) is 0 Å². The van der Waals surface area contributed by atoms with Crippen molar-refractivity contribution in [2.24, 2.45) is 11.7 Å². The maximum Gasteiger partial charge on any atom is 0.226 e. The average molecular weight is 413 g/mol. The van der Waals surface area contributed by atoms with Crippen molar-refractivity contribution in [2.45, 2.75) is 57.0 Å². The van der Waals surface area contributed by atoms with E-state index < -0.39 is 0 Å². The van der Waals surface area contributed by atoms with Crippen LogP contribution in [-0.2, 0) is 22.4 Å². The molecule has 1 unspecified atom stereocenters. The summed E-state index contributed by atoms with van der Waals surface area (Å²) in [7, 11) is 1.79. The summed E-state index contributed by atoms with van der Waals surface area (Å²) in [6.45, 7) is 4.72. The molecule has 2 N–H and O–H groups in total. The van der Waals surface area contributed by atoms with Crippen molar-refractivity contribution in [2.75, 3.05) is 39.8 Å². The lowest BCUT2D eigenvalue weighted by atomic mass is 9.92. The van der Waals surface area contributed by atoms with Gasteiger partial charge in [-0.05, 0) is 69.3 Å². The minimum absolute atomic E-state index is 0.0546. The number of primary amides is 1. The Hall–Kier alpha value is -1.92. The minimum atomic E-state index is -0.350. The highest BCUT2D eigenvalue weighted by Gasteiger charge is 2.35. The number of benzene rings is 1. The van der Waals surface area contributed by atoms with Crippen LogP contribution in [0.15, 0.2) is 24.3 Å². The SMILES string of the molecule is CN(CCC(N)=O)C(=O)C1CCCN(C2CCN(C3Cc4ccccc4C3)CC2)C1. The Bertz CT molecular complexity index is 734. The van der Waals surface area contributed by atoms with Gasteiger partial charge in [0.2, 0.25) is 11.8 Å². The Labute approximate surface area is 180 Å². The summed E-state index contributed by atoms with van der Waals surface area (Å²) in [5, 5.41) is 0. The highest BCUT2D eigenvalue weighted by Crippen LogP contribution is 2.30. The van der Waals surface area contributed by atoms with Gasteiger partial charge >= 0.3 is 0 Å². The second-order valence-electron chi connectivity index (χ2n) is 9.41. The molecule has 3 aliphatic rings. The van der Waals surface area contributed by atoms with E-state index in [-0.39, 0.29) is 24.2 Å². The van der Waals surface area contributed by atoms with E-state index in [1.165, 1.54) is 36.8 Å². The zero-order valence-corrected chi connectivity index (χ0v) is 18.3. The van der Waals surface area contributed by atoms with Gasteiger partial charge in [-0.3, -0.25) is 19.4 Å². The van der Waals surface area contributed by atoms with Crippen molar-refractivity contribution in [3.63, 3.8) is 0 Å². The number of piperidine rings is 2. The quantitative estimate of drug-likeness (QED) is 0.772. The third kappa shape index (κ3) is 4.86. The molecular weight excluding hydrogens is 376 g/mol. The first-order valence-corrected chi connectivity index (χ1v) is 11.6. The standard InChI is InChI=1S/C24H36N4O2/c1-26(12-10-23(25)29)24(30)20-7-4-11-28(17-20)21-8-13-27(14-9-21)22-15-18-5-2-3-6-19(18)16-22/h2-3,5-6,20-22H,4,7-17H2,1H3,(H2,25,29). The van der Waals surface area contributed by atoms with Crippen LogP contribution in [0.5, 0.6) is 0 Å². The summed E-state index contributed by atoms with van der Waals surface area (Å²) < 4.78 is 0. The molecule has 2 saturated heterocycles. The van der Waals surface area contributed by atoms with E-state index in [1.54, 1.807) is 11.9 Å². The number of rotatable bonds is 6. The molecule has 2 fully saturated rings. The molecule has 1 atom stereocenters. The number of amides is 2. The molecular formula is C24H36N4O2. The van der Waals surface area contributed by atoms with Gasteiger partial charge in [-0.25, -0.2) is 0 Å². The third-order valence-electron chi connectivity index (χ3n) is 7.43. The third-order valence-corrected chi connectivity index (χ3v) is 7.43. The van der Waals surface area contributed by atoms with Crippen LogP contribution in [0.1, 0.15) is 43.2 Å². The van der Waals surface area contributed by atoms with Gasteiger partial charge in [0.05, 0.1) is 5.92 Å². The first kappa shape index (κ1) is 21.3. The first-order valence-electron chi connectivity index (χ1n) is 11.6. The van der Waals surface area contributed by atoms with E-state index in [0.29, 0.717) is 18.6 Å². The molecule has 2 aliphatic heterocycles. The summed E-state index contributed by atoms with van der Waals surface area (Å²) in [4.78, 5) is 30.8. The number of likely N-dealkylation sites (tertiary alicyclic amines) is 2. The lowest BCUT2D eigenvalue weighted by Gasteiger charge is -2.43. The van der Waals surface area contributed by atoms with Crippen LogP contribution in [0, 0.1) is 5.92 Å². The van der Waals surface area contributed by atoms with Gasteiger partial charge in [0.15, 0.2) is 0 Å². The van der Waals surface area contributed by atoms with Gasteiger partial charge in [-0.1, -0.05) is 24.3 Å².